The second-order valence-corrected chi connectivity index (χ2v) is 6.47. The molecule has 0 unspecified atom stereocenters. The Morgan fingerprint density at radius 3 is 2.85 bits per heavy atom. The molecular formula is C20H22N6O. The number of fused-ring (bicyclic) bond motifs is 1. The zero-order valence-electron chi connectivity index (χ0n) is 15.9. The molecule has 7 heteroatoms. The summed E-state index contributed by atoms with van der Waals surface area (Å²) in [5.41, 5.74) is 5.24. The van der Waals surface area contributed by atoms with Gasteiger partial charge in [-0.1, -0.05) is 19.1 Å². The van der Waals surface area contributed by atoms with Crippen molar-refractivity contribution in [1.82, 2.24) is 25.0 Å². The summed E-state index contributed by atoms with van der Waals surface area (Å²) in [6.45, 7) is 4.15. The zero-order valence-corrected chi connectivity index (χ0v) is 15.9. The van der Waals surface area contributed by atoms with Crippen LogP contribution in [0.3, 0.4) is 0 Å². The van der Waals surface area contributed by atoms with Crippen molar-refractivity contribution >= 4 is 22.5 Å². The van der Waals surface area contributed by atoms with E-state index in [0.717, 1.165) is 39.9 Å². The number of aromatic nitrogens is 5. The molecule has 0 atom stereocenters. The molecule has 0 radical (unpaired) electrons. The maximum Gasteiger partial charge on any atom is 0.225 e. The fraction of sp³-hybridized carbons (Fsp3) is 0.250. The van der Waals surface area contributed by atoms with Gasteiger partial charge in [0.2, 0.25) is 5.95 Å². The van der Waals surface area contributed by atoms with Crippen molar-refractivity contribution < 1.29 is 4.74 Å². The van der Waals surface area contributed by atoms with Gasteiger partial charge in [-0.2, -0.15) is 10.1 Å². The minimum Gasteiger partial charge on any atom is -0.496 e. The Bertz CT molecular complexity index is 1110. The lowest BCUT2D eigenvalue weighted by Crippen LogP contribution is -2.02. The number of nitrogens with zero attached hydrogens (tertiary/aromatic N) is 4. The maximum absolute atomic E-state index is 5.42. The van der Waals surface area contributed by atoms with Crippen LogP contribution in [-0.2, 0) is 13.5 Å². The van der Waals surface area contributed by atoms with Crippen LogP contribution < -0.4 is 10.1 Å². The number of rotatable bonds is 5. The molecule has 2 aromatic carbocycles. The molecule has 0 spiro atoms. The summed E-state index contributed by atoms with van der Waals surface area (Å²) in [6, 6.07) is 10.0. The van der Waals surface area contributed by atoms with E-state index in [1.807, 2.05) is 50.5 Å². The number of hydrogen-bond acceptors (Lipinski definition) is 5. The van der Waals surface area contributed by atoms with Crippen molar-refractivity contribution in [3.05, 3.63) is 47.7 Å². The molecule has 0 aliphatic carbocycles. The molecule has 4 aromatic rings. The summed E-state index contributed by atoms with van der Waals surface area (Å²) >= 11 is 0. The van der Waals surface area contributed by atoms with E-state index in [2.05, 4.69) is 32.5 Å². The molecule has 0 fully saturated rings. The Labute approximate surface area is 157 Å². The molecule has 2 aromatic heterocycles. The van der Waals surface area contributed by atoms with Gasteiger partial charge in [0, 0.05) is 23.7 Å². The standard InChI is InChI=1S/C20H22N6O/c1-5-14-15-11-21-24-17(15)9-8-16(14)22-20-23-19(25-26(20)3)13-7-6-12(2)18(10-13)27-4/h6-11H,5H2,1-4H3,(H,21,24)(H,22,23,25). The average molecular weight is 362 g/mol. The van der Waals surface area contributed by atoms with Crippen molar-refractivity contribution in [2.75, 3.05) is 12.4 Å². The Morgan fingerprint density at radius 2 is 2.07 bits per heavy atom. The predicted molar refractivity (Wildman–Crippen MR) is 106 cm³/mol. The average Bonchev–Trinajstić information content (AvgIpc) is 3.29. The first kappa shape index (κ1) is 17.1. The quantitative estimate of drug-likeness (QED) is 0.561. The van der Waals surface area contributed by atoms with Crippen LogP contribution in [0.5, 0.6) is 5.75 Å². The third kappa shape index (κ3) is 3.01. The van der Waals surface area contributed by atoms with Crippen molar-refractivity contribution in [2.24, 2.45) is 7.05 Å². The fourth-order valence-corrected chi connectivity index (χ4v) is 3.27. The number of benzene rings is 2. The lowest BCUT2D eigenvalue weighted by atomic mass is 10.1. The van der Waals surface area contributed by atoms with Gasteiger partial charge in [-0.25, -0.2) is 4.68 Å². The second kappa shape index (κ2) is 6.75. The highest BCUT2D eigenvalue weighted by Crippen LogP contribution is 2.29. The molecule has 0 saturated heterocycles. The van der Waals surface area contributed by atoms with Crippen molar-refractivity contribution in [2.45, 2.75) is 20.3 Å². The summed E-state index contributed by atoms with van der Waals surface area (Å²) < 4.78 is 7.17. The number of aromatic amines is 1. The molecule has 0 aliphatic rings. The van der Waals surface area contributed by atoms with Crippen molar-refractivity contribution in [1.29, 1.82) is 0 Å². The third-order valence-electron chi connectivity index (χ3n) is 4.77. The van der Waals surface area contributed by atoms with Gasteiger partial charge in [0.25, 0.3) is 0 Å². The Kier molecular flexibility index (Phi) is 4.27. The highest BCUT2D eigenvalue weighted by atomic mass is 16.5. The molecule has 4 rings (SSSR count). The second-order valence-electron chi connectivity index (χ2n) is 6.47. The van der Waals surface area contributed by atoms with Crippen LogP contribution >= 0.6 is 0 Å². The number of anilines is 2. The van der Waals surface area contributed by atoms with E-state index in [9.17, 15) is 0 Å². The number of methoxy groups -OCH3 is 1. The zero-order chi connectivity index (χ0) is 19.0. The Morgan fingerprint density at radius 1 is 1.22 bits per heavy atom. The largest absolute Gasteiger partial charge is 0.496 e. The Balaban J connectivity index is 1.70. The summed E-state index contributed by atoms with van der Waals surface area (Å²) in [4.78, 5) is 4.69. The van der Waals surface area contributed by atoms with E-state index in [4.69, 9.17) is 4.74 Å². The lowest BCUT2D eigenvalue weighted by molar-refractivity contribution is 0.412. The summed E-state index contributed by atoms with van der Waals surface area (Å²) in [6.07, 6.45) is 2.75. The van der Waals surface area contributed by atoms with Gasteiger partial charge in [-0.3, -0.25) is 5.10 Å². The number of aryl methyl sites for hydroxylation is 3. The first-order chi connectivity index (χ1) is 13.1. The molecule has 7 nitrogen and oxygen atoms in total. The number of ether oxygens (including phenoxy) is 1. The van der Waals surface area contributed by atoms with Crippen LogP contribution in [0.4, 0.5) is 11.6 Å². The molecule has 27 heavy (non-hydrogen) atoms. The van der Waals surface area contributed by atoms with E-state index in [1.165, 1.54) is 5.56 Å². The van der Waals surface area contributed by atoms with Gasteiger partial charge in [0.1, 0.15) is 5.75 Å². The van der Waals surface area contributed by atoms with Gasteiger partial charge >= 0.3 is 0 Å². The van der Waals surface area contributed by atoms with Gasteiger partial charge < -0.3 is 10.1 Å². The predicted octanol–water partition coefficient (Wildman–Crippen LogP) is 3.98. The fourth-order valence-electron chi connectivity index (χ4n) is 3.27. The lowest BCUT2D eigenvalue weighted by Gasteiger charge is -2.10. The van der Waals surface area contributed by atoms with Crippen LogP contribution in [0.2, 0.25) is 0 Å². The van der Waals surface area contributed by atoms with Gasteiger partial charge in [0.15, 0.2) is 5.82 Å². The van der Waals surface area contributed by atoms with Gasteiger partial charge in [-0.05, 0) is 42.7 Å². The third-order valence-corrected chi connectivity index (χ3v) is 4.77. The van der Waals surface area contributed by atoms with Gasteiger partial charge in [-0.15, -0.1) is 5.10 Å². The monoisotopic (exact) mass is 362 g/mol. The highest BCUT2D eigenvalue weighted by Gasteiger charge is 2.14. The van der Waals surface area contributed by atoms with Crippen molar-refractivity contribution in [3.63, 3.8) is 0 Å². The van der Waals surface area contributed by atoms with Crippen LogP contribution in [0, 0.1) is 6.92 Å². The molecule has 0 amide bonds. The summed E-state index contributed by atoms with van der Waals surface area (Å²) in [7, 11) is 3.55. The number of H-pyrrole nitrogens is 1. The summed E-state index contributed by atoms with van der Waals surface area (Å²) in [5.74, 6) is 2.16. The number of nitrogens with one attached hydrogen (secondary N) is 2. The molecule has 0 aliphatic heterocycles. The molecule has 2 N–H and O–H groups in total. The smallest absolute Gasteiger partial charge is 0.225 e. The number of hydrogen-bond donors (Lipinski definition) is 2. The van der Waals surface area contributed by atoms with Crippen LogP contribution in [0.15, 0.2) is 36.5 Å². The molecule has 2 heterocycles. The van der Waals surface area contributed by atoms with E-state index in [1.54, 1.807) is 11.8 Å². The Hall–Kier alpha value is -3.35. The maximum atomic E-state index is 5.42. The van der Waals surface area contributed by atoms with Crippen molar-refractivity contribution in [3.8, 4) is 17.1 Å². The highest BCUT2D eigenvalue weighted by molar-refractivity contribution is 5.87. The minimum absolute atomic E-state index is 0.653. The SMILES string of the molecule is CCc1c(Nc2nc(-c3ccc(C)c(OC)c3)nn2C)ccc2[nH]ncc12. The molecule has 0 saturated carbocycles. The van der Waals surface area contributed by atoms with E-state index in [0.29, 0.717) is 11.8 Å². The topological polar surface area (TPSA) is 80.7 Å². The molecular weight excluding hydrogens is 340 g/mol. The first-order valence-electron chi connectivity index (χ1n) is 8.88. The summed E-state index contributed by atoms with van der Waals surface area (Å²) in [5, 5.41) is 16.3. The molecule has 138 valence electrons. The minimum atomic E-state index is 0.653. The van der Waals surface area contributed by atoms with E-state index >= 15 is 0 Å². The van der Waals surface area contributed by atoms with Gasteiger partial charge in [0.05, 0.1) is 18.8 Å². The normalized spacial score (nSPS) is 11.1. The van der Waals surface area contributed by atoms with Crippen LogP contribution in [0.25, 0.3) is 22.3 Å². The van der Waals surface area contributed by atoms with Crippen LogP contribution in [-0.4, -0.2) is 32.1 Å². The first-order valence-corrected chi connectivity index (χ1v) is 8.88. The van der Waals surface area contributed by atoms with Crippen LogP contribution in [0.1, 0.15) is 18.1 Å². The molecule has 0 bridgehead atoms. The van der Waals surface area contributed by atoms with E-state index < -0.39 is 0 Å². The van der Waals surface area contributed by atoms with E-state index in [-0.39, 0.29) is 0 Å².